The van der Waals surface area contributed by atoms with Crippen LogP contribution in [-0.4, -0.2) is 60.7 Å². The van der Waals surface area contributed by atoms with E-state index in [-0.39, 0.29) is 24.2 Å². The number of nitrogens with one attached hydrogen (secondary N) is 3. The monoisotopic (exact) mass is 318 g/mol. The maximum atomic E-state index is 13.1. The molecule has 1 fully saturated rings. The number of aromatic nitrogens is 1. The molecule has 6 nitrogen and oxygen atoms in total. The third kappa shape index (κ3) is 4.31. The van der Waals surface area contributed by atoms with E-state index in [1.165, 1.54) is 17.2 Å². The molecule has 3 N–H and O–H groups in total. The summed E-state index contributed by atoms with van der Waals surface area (Å²) in [5.74, 6) is -0.652. The van der Waals surface area contributed by atoms with Gasteiger partial charge in [0.2, 0.25) is 5.56 Å². The molecule has 0 aromatic carbocycles. The number of hydrogen-bond donors (Lipinski definition) is 3. The number of alkyl halides is 3. The van der Waals surface area contributed by atoms with Gasteiger partial charge in [-0.3, -0.25) is 14.5 Å². The molecule has 1 aromatic rings. The van der Waals surface area contributed by atoms with Crippen molar-refractivity contribution in [3.8, 4) is 0 Å². The van der Waals surface area contributed by atoms with Crippen LogP contribution in [0.1, 0.15) is 10.4 Å². The zero-order valence-corrected chi connectivity index (χ0v) is 11.7. The molecule has 22 heavy (non-hydrogen) atoms. The van der Waals surface area contributed by atoms with Gasteiger partial charge in [-0.2, -0.15) is 13.2 Å². The summed E-state index contributed by atoms with van der Waals surface area (Å²) in [7, 11) is 0. The highest BCUT2D eigenvalue weighted by Gasteiger charge is 2.43. The molecule has 0 bridgehead atoms. The van der Waals surface area contributed by atoms with Gasteiger partial charge in [-0.15, -0.1) is 0 Å². The second-order valence-electron chi connectivity index (χ2n) is 5.00. The molecule has 0 radical (unpaired) electrons. The lowest BCUT2D eigenvalue weighted by molar-refractivity contribution is -0.183. The number of amides is 1. The van der Waals surface area contributed by atoms with Crippen LogP contribution in [0.3, 0.4) is 0 Å². The van der Waals surface area contributed by atoms with E-state index >= 15 is 0 Å². The quantitative estimate of drug-likeness (QED) is 0.727. The Morgan fingerprint density at radius 2 is 2.00 bits per heavy atom. The highest BCUT2D eigenvalue weighted by Crippen LogP contribution is 2.24. The number of piperazine rings is 1. The Kier molecular flexibility index (Phi) is 5.19. The molecule has 122 valence electrons. The summed E-state index contributed by atoms with van der Waals surface area (Å²) in [6.07, 6.45) is -3.25. The van der Waals surface area contributed by atoms with Crippen molar-refractivity contribution >= 4 is 5.91 Å². The van der Waals surface area contributed by atoms with Crippen LogP contribution in [0.4, 0.5) is 13.2 Å². The summed E-state index contributed by atoms with van der Waals surface area (Å²) in [5, 5.41) is 5.27. The van der Waals surface area contributed by atoms with E-state index in [2.05, 4.69) is 15.6 Å². The predicted octanol–water partition coefficient (Wildman–Crippen LogP) is -0.0592. The Bertz CT molecular complexity index is 547. The first-order valence-corrected chi connectivity index (χ1v) is 6.86. The first-order chi connectivity index (χ1) is 10.4. The van der Waals surface area contributed by atoms with E-state index in [1.54, 1.807) is 0 Å². The molecule has 0 saturated carbocycles. The van der Waals surface area contributed by atoms with Gasteiger partial charge >= 0.3 is 6.18 Å². The summed E-state index contributed by atoms with van der Waals surface area (Å²) in [4.78, 5) is 26.4. The first-order valence-electron chi connectivity index (χ1n) is 6.86. The number of halogens is 3. The van der Waals surface area contributed by atoms with Gasteiger partial charge < -0.3 is 15.6 Å². The Labute approximate surface area is 124 Å². The Morgan fingerprint density at radius 3 is 2.55 bits per heavy atom. The van der Waals surface area contributed by atoms with Crippen molar-refractivity contribution in [1.29, 1.82) is 0 Å². The molecule has 9 heteroatoms. The fraction of sp³-hybridized carbons (Fsp3) is 0.538. The van der Waals surface area contributed by atoms with Gasteiger partial charge in [-0.25, -0.2) is 0 Å². The van der Waals surface area contributed by atoms with Crippen molar-refractivity contribution in [2.45, 2.75) is 12.2 Å². The molecule has 0 spiro atoms. The van der Waals surface area contributed by atoms with Crippen molar-refractivity contribution in [1.82, 2.24) is 20.5 Å². The normalized spacial score (nSPS) is 18.0. The average molecular weight is 318 g/mol. The summed E-state index contributed by atoms with van der Waals surface area (Å²) < 4.78 is 39.4. The number of pyridine rings is 1. The summed E-state index contributed by atoms with van der Waals surface area (Å²) in [5.41, 5.74) is -0.272. The van der Waals surface area contributed by atoms with Crippen LogP contribution in [0.25, 0.3) is 0 Å². The standard InChI is InChI=1S/C13H17F3N4O2/c14-13(15,16)10(20-5-3-17-4-6-20)8-19-12(22)9-1-2-11(21)18-7-9/h1-2,7,10,17H,3-6,8H2,(H,18,21)(H,19,22). The van der Waals surface area contributed by atoms with Gasteiger partial charge in [0.05, 0.1) is 5.56 Å². The van der Waals surface area contributed by atoms with Crippen molar-refractivity contribution in [3.05, 3.63) is 34.2 Å². The molecule has 1 aromatic heterocycles. The fourth-order valence-electron chi connectivity index (χ4n) is 2.29. The van der Waals surface area contributed by atoms with Crippen molar-refractivity contribution in [2.24, 2.45) is 0 Å². The average Bonchev–Trinajstić information content (AvgIpc) is 2.47. The van der Waals surface area contributed by atoms with E-state index < -0.39 is 24.7 Å². The van der Waals surface area contributed by atoms with Gasteiger partial charge in [-0.1, -0.05) is 0 Å². The topological polar surface area (TPSA) is 77.2 Å². The molecule has 2 rings (SSSR count). The molecule has 1 atom stereocenters. The number of carbonyl (C=O) groups excluding carboxylic acids is 1. The molecular formula is C13H17F3N4O2. The SMILES string of the molecule is O=C(NCC(N1CCNCC1)C(F)(F)F)c1ccc(=O)[nH]c1. The molecule has 1 aliphatic heterocycles. The maximum absolute atomic E-state index is 13.1. The van der Waals surface area contributed by atoms with Gasteiger partial charge in [-0.05, 0) is 6.07 Å². The zero-order valence-electron chi connectivity index (χ0n) is 11.7. The first kappa shape index (κ1) is 16.5. The summed E-state index contributed by atoms with van der Waals surface area (Å²) >= 11 is 0. The second-order valence-corrected chi connectivity index (χ2v) is 5.00. The van der Waals surface area contributed by atoms with Crippen LogP contribution in [-0.2, 0) is 0 Å². The molecule has 1 amide bonds. The molecular weight excluding hydrogens is 301 g/mol. The Hall–Kier alpha value is -1.87. The minimum atomic E-state index is -4.42. The van der Waals surface area contributed by atoms with E-state index in [4.69, 9.17) is 0 Å². The molecule has 1 unspecified atom stereocenters. The Balaban J connectivity index is 2.00. The minimum absolute atomic E-state index is 0.112. The summed E-state index contributed by atoms with van der Waals surface area (Å²) in [6.45, 7) is 1.000. The third-order valence-corrected chi connectivity index (χ3v) is 3.47. The number of H-pyrrole nitrogens is 1. The van der Waals surface area contributed by atoms with Gasteiger partial charge in [0.25, 0.3) is 5.91 Å². The van der Waals surface area contributed by atoms with Crippen LogP contribution < -0.4 is 16.2 Å². The van der Waals surface area contributed by atoms with Crippen molar-refractivity contribution < 1.29 is 18.0 Å². The van der Waals surface area contributed by atoms with E-state index in [1.807, 2.05) is 0 Å². The number of carbonyl (C=O) groups is 1. The lowest BCUT2D eigenvalue weighted by Crippen LogP contribution is -2.57. The van der Waals surface area contributed by atoms with Gasteiger partial charge in [0.15, 0.2) is 0 Å². The highest BCUT2D eigenvalue weighted by atomic mass is 19.4. The van der Waals surface area contributed by atoms with Crippen molar-refractivity contribution in [2.75, 3.05) is 32.7 Å². The maximum Gasteiger partial charge on any atom is 0.405 e. The fourth-order valence-corrected chi connectivity index (χ4v) is 2.29. The Morgan fingerprint density at radius 1 is 1.32 bits per heavy atom. The molecule has 1 aliphatic rings. The predicted molar refractivity (Wildman–Crippen MR) is 73.7 cm³/mol. The van der Waals surface area contributed by atoms with E-state index in [0.29, 0.717) is 13.1 Å². The number of nitrogens with zero attached hydrogens (tertiary/aromatic N) is 1. The molecule has 0 aliphatic carbocycles. The van der Waals surface area contributed by atoms with E-state index in [9.17, 15) is 22.8 Å². The highest BCUT2D eigenvalue weighted by molar-refractivity contribution is 5.93. The molecule has 2 heterocycles. The van der Waals surface area contributed by atoms with E-state index in [0.717, 1.165) is 6.07 Å². The lowest BCUT2D eigenvalue weighted by Gasteiger charge is -2.35. The van der Waals surface area contributed by atoms with Gasteiger partial charge in [0, 0.05) is 45.0 Å². The lowest BCUT2D eigenvalue weighted by atomic mass is 10.2. The minimum Gasteiger partial charge on any atom is -0.350 e. The van der Waals surface area contributed by atoms with Crippen LogP contribution in [0.2, 0.25) is 0 Å². The van der Waals surface area contributed by atoms with Crippen LogP contribution in [0.15, 0.2) is 23.1 Å². The van der Waals surface area contributed by atoms with Crippen LogP contribution in [0.5, 0.6) is 0 Å². The van der Waals surface area contributed by atoms with Crippen LogP contribution >= 0.6 is 0 Å². The van der Waals surface area contributed by atoms with Gasteiger partial charge in [0.1, 0.15) is 6.04 Å². The largest absolute Gasteiger partial charge is 0.405 e. The van der Waals surface area contributed by atoms with Crippen molar-refractivity contribution in [3.63, 3.8) is 0 Å². The molecule has 1 saturated heterocycles. The van der Waals surface area contributed by atoms with Crippen LogP contribution in [0, 0.1) is 0 Å². The smallest absolute Gasteiger partial charge is 0.350 e. The number of rotatable bonds is 4. The summed E-state index contributed by atoms with van der Waals surface area (Å²) in [6, 6.07) is 0.690. The number of hydrogen-bond acceptors (Lipinski definition) is 4. The zero-order chi connectivity index (χ0) is 16.2. The second kappa shape index (κ2) is 6.93. The third-order valence-electron chi connectivity index (χ3n) is 3.47. The number of aromatic amines is 1.